The Balaban J connectivity index is 2.71. The van der Waals surface area contributed by atoms with Gasteiger partial charge < -0.3 is 10.2 Å². The van der Waals surface area contributed by atoms with Crippen molar-refractivity contribution in [2.75, 3.05) is 5.75 Å². The molecule has 0 saturated carbocycles. The lowest BCUT2D eigenvalue weighted by Crippen LogP contribution is -2.26. The van der Waals surface area contributed by atoms with E-state index >= 15 is 0 Å². The molecule has 0 radical (unpaired) electrons. The monoisotopic (exact) mass is 241 g/mol. The molecular weight excluding hydrogens is 218 g/mol. The molecule has 16 heavy (non-hydrogen) atoms. The molecule has 2 N–H and O–H groups in total. The van der Waals surface area contributed by atoms with Crippen LogP contribution in [-0.4, -0.2) is 11.8 Å². The predicted molar refractivity (Wildman–Crippen MR) is 71.7 cm³/mol. The summed E-state index contributed by atoms with van der Waals surface area (Å²) in [4.78, 5) is 0. The van der Waals surface area contributed by atoms with Gasteiger partial charge in [-0.2, -0.15) is 0 Å². The summed E-state index contributed by atoms with van der Waals surface area (Å²) in [6.45, 7) is 8.57. The van der Waals surface area contributed by atoms with Crippen LogP contribution in [0.2, 0.25) is 0 Å². The summed E-state index contributed by atoms with van der Waals surface area (Å²) >= 11 is 1.91. The minimum Gasteiger partial charge on any atom is -0.465 e. The van der Waals surface area contributed by atoms with Gasteiger partial charge >= 0.3 is 0 Å². The average molecular weight is 241 g/mol. The molecular formula is C13H23NOS. The van der Waals surface area contributed by atoms with Crippen LogP contribution in [0.25, 0.3) is 0 Å². The Kier molecular flexibility index (Phi) is 5.42. The van der Waals surface area contributed by atoms with Gasteiger partial charge in [-0.25, -0.2) is 0 Å². The Morgan fingerprint density at radius 3 is 2.50 bits per heavy atom. The van der Waals surface area contributed by atoms with E-state index in [4.69, 9.17) is 10.2 Å². The lowest BCUT2D eigenvalue weighted by atomic mass is 10.1. The van der Waals surface area contributed by atoms with Crippen LogP contribution >= 0.6 is 11.8 Å². The van der Waals surface area contributed by atoms with Crippen LogP contribution in [0.4, 0.5) is 0 Å². The number of furan rings is 1. The quantitative estimate of drug-likeness (QED) is 0.824. The second-order valence-corrected chi connectivity index (χ2v) is 5.84. The number of nitrogens with two attached hydrogens (primary N) is 1. The SMILES string of the molecule is CCC(N)C(SCC(C)C)c1ccc(C)o1. The largest absolute Gasteiger partial charge is 0.465 e. The molecule has 2 unspecified atom stereocenters. The lowest BCUT2D eigenvalue weighted by molar-refractivity contribution is 0.454. The molecule has 1 heterocycles. The first-order valence-corrected chi connectivity index (χ1v) is 7.03. The van der Waals surface area contributed by atoms with Crippen molar-refractivity contribution in [3.63, 3.8) is 0 Å². The first-order chi connectivity index (χ1) is 7.54. The predicted octanol–water partition coefficient (Wildman–Crippen LogP) is 3.76. The normalized spacial score (nSPS) is 15.4. The van der Waals surface area contributed by atoms with Crippen LogP contribution in [0.5, 0.6) is 0 Å². The van der Waals surface area contributed by atoms with Crippen LogP contribution in [0.3, 0.4) is 0 Å². The molecule has 0 aliphatic rings. The number of thioether (sulfide) groups is 1. The van der Waals surface area contributed by atoms with Gasteiger partial charge in [0.15, 0.2) is 0 Å². The fourth-order valence-corrected chi connectivity index (χ4v) is 2.86. The van der Waals surface area contributed by atoms with Crippen molar-refractivity contribution in [3.05, 3.63) is 23.7 Å². The van der Waals surface area contributed by atoms with Crippen molar-refractivity contribution in [3.8, 4) is 0 Å². The zero-order chi connectivity index (χ0) is 12.1. The second kappa shape index (κ2) is 6.36. The topological polar surface area (TPSA) is 39.2 Å². The van der Waals surface area contributed by atoms with Crippen LogP contribution < -0.4 is 5.73 Å². The summed E-state index contributed by atoms with van der Waals surface area (Å²) in [5.41, 5.74) is 6.16. The number of rotatable bonds is 6. The summed E-state index contributed by atoms with van der Waals surface area (Å²) in [5, 5.41) is 0.293. The first-order valence-electron chi connectivity index (χ1n) is 5.98. The first kappa shape index (κ1) is 13.7. The summed E-state index contributed by atoms with van der Waals surface area (Å²) in [6, 6.07) is 4.25. The Bertz CT molecular complexity index is 309. The van der Waals surface area contributed by atoms with Gasteiger partial charge in [-0.15, -0.1) is 11.8 Å². The third kappa shape index (κ3) is 3.87. The fourth-order valence-electron chi connectivity index (χ4n) is 1.53. The zero-order valence-electron chi connectivity index (χ0n) is 10.7. The summed E-state index contributed by atoms with van der Waals surface area (Å²) < 4.78 is 5.70. The molecule has 2 nitrogen and oxygen atoms in total. The number of aryl methyl sites for hydroxylation is 1. The molecule has 0 spiro atoms. The molecule has 0 fully saturated rings. The molecule has 0 aliphatic heterocycles. The maximum atomic E-state index is 6.16. The van der Waals surface area contributed by atoms with Crippen LogP contribution in [0, 0.1) is 12.8 Å². The van der Waals surface area contributed by atoms with E-state index < -0.39 is 0 Å². The highest BCUT2D eigenvalue weighted by Crippen LogP contribution is 2.34. The van der Waals surface area contributed by atoms with Crippen molar-refractivity contribution in [1.29, 1.82) is 0 Å². The fraction of sp³-hybridized carbons (Fsp3) is 0.692. The lowest BCUT2D eigenvalue weighted by Gasteiger charge is -2.21. The van der Waals surface area contributed by atoms with E-state index in [0.717, 1.165) is 23.7 Å². The van der Waals surface area contributed by atoms with Gasteiger partial charge in [-0.1, -0.05) is 20.8 Å². The summed E-state index contributed by atoms with van der Waals surface area (Å²) in [6.07, 6.45) is 0.982. The Morgan fingerprint density at radius 1 is 1.38 bits per heavy atom. The van der Waals surface area contributed by atoms with Gasteiger partial charge in [0.1, 0.15) is 11.5 Å². The van der Waals surface area contributed by atoms with Gasteiger partial charge in [-0.3, -0.25) is 0 Å². The van der Waals surface area contributed by atoms with Gasteiger partial charge in [0.2, 0.25) is 0 Å². The van der Waals surface area contributed by atoms with Crippen molar-refractivity contribution >= 4 is 11.8 Å². The highest BCUT2D eigenvalue weighted by molar-refractivity contribution is 7.99. The van der Waals surface area contributed by atoms with Crippen LogP contribution in [0.15, 0.2) is 16.5 Å². The summed E-state index contributed by atoms with van der Waals surface area (Å²) in [7, 11) is 0. The Hall–Kier alpha value is -0.410. The molecule has 0 saturated heterocycles. The average Bonchev–Trinajstić information content (AvgIpc) is 2.64. The molecule has 92 valence electrons. The van der Waals surface area contributed by atoms with E-state index in [1.165, 1.54) is 0 Å². The third-order valence-corrected chi connectivity index (χ3v) is 4.31. The van der Waals surface area contributed by atoms with Crippen molar-refractivity contribution < 1.29 is 4.42 Å². The molecule has 3 heteroatoms. The van der Waals surface area contributed by atoms with Crippen LogP contribution in [-0.2, 0) is 0 Å². The van der Waals surface area contributed by atoms with Gasteiger partial charge in [-0.05, 0) is 37.1 Å². The molecule has 2 atom stereocenters. The van der Waals surface area contributed by atoms with E-state index in [1.54, 1.807) is 0 Å². The molecule has 0 bridgehead atoms. The number of hydrogen-bond donors (Lipinski definition) is 1. The van der Waals surface area contributed by atoms with Gasteiger partial charge in [0.05, 0.1) is 5.25 Å². The highest BCUT2D eigenvalue weighted by Gasteiger charge is 2.22. The van der Waals surface area contributed by atoms with Gasteiger partial charge in [0.25, 0.3) is 0 Å². The maximum absolute atomic E-state index is 6.16. The molecule has 0 amide bonds. The van der Waals surface area contributed by atoms with E-state index in [9.17, 15) is 0 Å². The standard InChI is InChI=1S/C13H23NOS/c1-5-11(14)13(16-8-9(2)3)12-7-6-10(4)15-12/h6-7,9,11,13H,5,8,14H2,1-4H3. The molecule has 1 aromatic heterocycles. The van der Waals surface area contributed by atoms with E-state index in [-0.39, 0.29) is 6.04 Å². The molecule has 0 aromatic carbocycles. The van der Waals surface area contributed by atoms with Crippen molar-refractivity contribution in [2.45, 2.75) is 45.4 Å². The zero-order valence-corrected chi connectivity index (χ0v) is 11.5. The maximum Gasteiger partial charge on any atom is 0.118 e. The third-order valence-electron chi connectivity index (χ3n) is 2.51. The molecule has 1 rings (SSSR count). The minimum atomic E-state index is 0.175. The van der Waals surface area contributed by atoms with Gasteiger partial charge in [0, 0.05) is 6.04 Å². The Morgan fingerprint density at radius 2 is 2.06 bits per heavy atom. The van der Waals surface area contributed by atoms with Crippen LogP contribution in [0.1, 0.15) is 44.0 Å². The van der Waals surface area contributed by atoms with E-state index in [2.05, 4.69) is 26.8 Å². The molecule has 1 aromatic rings. The van der Waals surface area contributed by atoms with Crippen molar-refractivity contribution in [1.82, 2.24) is 0 Å². The molecule has 0 aliphatic carbocycles. The van der Waals surface area contributed by atoms with E-state index in [1.807, 2.05) is 24.8 Å². The van der Waals surface area contributed by atoms with Crippen molar-refractivity contribution in [2.24, 2.45) is 11.7 Å². The minimum absolute atomic E-state index is 0.175. The smallest absolute Gasteiger partial charge is 0.118 e. The van der Waals surface area contributed by atoms with E-state index in [0.29, 0.717) is 11.2 Å². The Labute approximate surface area is 103 Å². The number of hydrogen-bond acceptors (Lipinski definition) is 3. The highest BCUT2D eigenvalue weighted by atomic mass is 32.2. The second-order valence-electron chi connectivity index (χ2n) is 4.67. The summed E-state index contributed by atoms with van der Waals surface area (Å²) in [5.74, 6) is 3.80.